The lowest BCUT2D eigenvalue weighted by molar-refractivity contribution is -0.143. The normalized spacial score (nSPS) is 20.8. The molecule has 5 heteroatoms. The molecule has 0 spiro atoms. The van der Waals surface area contributed by atoms with Gasteiger partial charge in [-0.15, -0.1) is 0 Å². The molecule has 3 rings (SSSR count). The molecular weight excluding hydrogens is 268 g/mol. The first-order valence-electron chi connectivity index (χ1n) is 7.41. The first-order chi connectivity index (χ1) is 10.1. The third-order valence-electron chi connectivity index (χ3n) is 4.40. The molecule has 0 aromatic heterocycles. The molecule has 0 bridgehead atoms. The van der Waals surface area contributed by atoms with E-state index in [9.17, 15) is 9.59 Å². The Morgan fingerprint density at radius 2 is 2.10 bits per heavy atom. The zero-order chi connectivity index (χ0) is 15.0. The fraction of sp³-hybridized carbons (Fsp3) is 0.500. The predicted molar refractivity (Wildman–Crippen MR) is 79.0 cm³/mol. The van der Waals surface area contributed by atoms with E-state index in [2.05, 4.69) is 0 Å². The molecule has 112 valence electrons. The van der Waals surface area contributed by atoms with Gasteiger partial charge in [0.2, 0.25) is 0 Å². The largest absolute Gasteiger partial charge is 0.396 e. The number of rotatable bonds is 1. The van der Waals surface area contributed by atoms with Crippen LogP contribution in [0.5, 0.6) is 0 Å². The monoisotopic (exact) mass is 288 g/mol. The summed E-state index contributed by atoms with van der Waals surface area (Å²) in [7, 11) is 0. The lowest BCUT2D eigenvalue weighted by Gasteiger charge is -2.21. The Bertz CT molecular complexity index is 585. The molecule has 1 atom stereocenters. The molecule has 2 aliphatic heterocycles. The number of nitrogens with zero attached hydrogens (tertiary/aromatic N) is 2. The van der Waals surface area contributed by atoms with Crippen molar-refractivity contribution in [3.8, 4) is 0 Å². The summed E-state index contributed by atoms with van der Waals surface area (Å²) >= 11 is 0. The molecule has 0 radical (unpaired) electrons. The molecule has 1 saturated heterocycles. The van der Waals surface area contributed by atoms with Crippen molar-refractivity contribution >= 4 is 17.5 Å². The van der Waals surface area contributed by atoms with Gasteiger partial charge in [-0.3, -0.25) is 9.59 Å². The van der Waals surface area contributed by atoms with Gasteiger partial charge in [0.1, 0.15) is 0 Å². The standard InChI is InChI=1S/C16H20N2O3/c1-11-2-3-13-5-7-18(14(13)8-11)16(21)15(20)17-6-4-12(9-17)10-19/h2-3,8,12,19H,4-7,9-10H2,1H3. The van der Waals surface area contributed by atoms with E-state index in [0.29, 0.717) is 19.6 Å². The van der Waals surface area contributed by atoms with E-state index >= 15 is 0 Å². The molecule has 0 aliphatic carbocycles. The number of carbonyl (C=O) groups excluding carboxylic acids is 2. The lowest BCUT2D eigenvalue weighted by Crippen LogP contribution is -2.44. The van der Waals surface area contributed by atoms with Gasteiger partial charge in [-0.05, 0) is 37.0 Å². The van der Waals surface area contributed by atoms with Crippen molar-refractivity contribution in [3.63, 3.8) is 0 Å². The molecule has 0 saturated carbocycles. The average Bonchev–Trinajstić information content (AvgIpc) is 3.11. The SMILES string of the molecule is Cc1ccc2c(c1)N(C(=O)C(=O)N1CCC(CO)C1)CC2. The van der Waals surface area contributed by atoms with Crippen molar-refractivity contribution in [1.82, 2.24) is 4.90 Å². The van der Waals surface area contributed by atoms with E-state index in [0.717, 1.165) is 29.7 Å². The van der Waals surface area contributed by atoms with E-state index in [1.807, 2.05) is 25.1 Å². The van der Waals surface area contributed by atoms with E-state index < -0.39 is 11.8 Å². The van der Waals surface area contributed by atoms with Crippen LogP contribution in [-0.2, 0) is 16.0 Å². The number of aliphatic hydroxyl groups is 1. The zero-order valence-electron chi connectivity index (χ0n) is 12.2. The highest BCUT2D eigenvalue weighted by Crippen LogP contribution is 2.29. The molecule has 2 aliphatic rings. The third-order valence-corrected chi connectivity index (χ3v) is 4.40. The molecule has 2 amide bonds. The maximum Gasteiger partial charge on any atom is 0.316 e. The second-order valence-electron chi connectivity index (χ2n) is 5.93. The average molecular weight is 288 g/mol. The van der Waals surface area contributed by atoms with Crippen molar-refractivity contribution in [2.24, 2.45) is 5.92 Å². The number of likely N-dealkylation sites (tertiary alicyclic amines) is 1. The smallest absolute Gasteiger partial charge is 0.316 e. The summed E-state index contributed by atoms with van der Waals surface area (Å²) in [6, 6.07) is 6.02. The van der Waals surface area contributed by atoms with Crippen LogP contribution in [0.1, 0.15) is 17.5 Å². The van der Waals surface area contributed by atoms with Gasteiger partial charge in [-0.25, -0.2) is 0 Å². The van der Waals surface area contributed by atoms with Gasteiger partial charge < -0.3 is 14.9 Å². The van der Waals surface area contributed by atoms with Gasteiger partial charge in [0.05, 0.1) is 0 Å². The molecule has 1 aromatic carbocycles. The maximum atomic E-state index is 12.5. The first kappa shape index (κ1) is 14.1. The number of benzene rings is 1. The Morgan fingerprint density at radius 3 is 2.81 bits per heavy atom. The minimum absolute atomic E-state index is 0.0731. The van der Waals surface area contributed by atoms with Crippen molar-refractivity contribution < 1.29 is 14.7 Å². The summed E-state index contributed by atoms with van der Waals surface area (Å²) in [6.45, 7) is 3.67. The van der Waals surface area contributed by atoms with Crippen LogP contribution in [0.2, 0.25) is 0 Å². The minimum Gasteiger partial charge on any atom is -0.396 e. The van der Waals surface area contributed by atoms with Crippen molar-refractivity contribution in [2.45, 2.75) is 19.8 Å². The molecule has 1 fully saturated rings. The Morgan fingerprint density at radius 1 is 1.29 bits per heavy atom. The van der Waals surface area contributed by atoms with Gasteiger partial charge in [0.25, 0.3) is 0 Å². The van der Waals surface area contributed by atoms with Gasteiger partial charge in [-0.1, -0.05) is 12.1 Å². The number of anilines is 1. The first-order valence-corrected chi connectivity index (χ1v) is 7.41. The molecule has 1 aromatic rings. The number of hydrogen-bond donors (Lipinski definition) is 1. The number of aryl methyl sites for hydroxylation is 1. The molecule has 2 heterocycles. The van der Waals surface area contributed by atoms with Crippen LogP contribution in [0.15, 0.2) is 18.2 Å². The second-order valence-corrected chi connectivity index (χ2v) is 5.93. The van der Waals surface area contributed by atoms with E-state index in [4.69, 9.17) is 5.11 Å². The quantitative estimate of drug-likeness (QED) is 0.775. The summed E-state index contributed by atoms with van der Waals surface area (Å²) < 4.78 is 0. The lowest BCUT2D eigenvalue weighted by atomic mass is 10.1. The van der Waals surface area contributed by atoms with Crippen molar-refractivity contribution in [2.75, 3.05) is 31.1 Å². The Balaban J connectivity index is 1.75. The fourth-order valence-corrected chi connectivity index (χ4v) is 3.12. The highest BCUT2D eigenvalue weighted by molar-refractivity contribution is 6.40. The van der Waals surface area contributed by atoms with Gasteiger partial charge in [0, 0.05) is 37.8 Å². The molecule has 21 heavy (non-hydrogen) atoms. The maximum absolute atomic E-state index is 12.5. The second kappa shape index (κ2) is 5.48. The molecular formula is C16H20N2O3. The zero-order valence-corrected chi connectivity index (χ0v) is 12.2. The summed E-state index contributed by atoms with van der Waals surface area (Å²) in [5, 5.41) is 9.14. The Kier molecular flexibility index (Phi) is 3.68. The van der Waals surface area contributed by atoms with Gasteiger partial charge in [-0.2, -0.15) is 0 Å². The van der Waals surface area contributed by atoms with Crippen LogP contribution in [0.3, 0.4) is 0 Å². The van der Waals surface area contributed by atoms with E-state index in [-0.39, 0.29) is 12.5 Å². The predicted octanol–water partition coefficient (Wildman–Crippen LogP) is 0.725. The highest BCUT2D eigenvalue weighted by Gasteiger charge is 2.35. The summed E-state index contributed by atoms with van der Waals surface area (Å²) in [5.41, 5.74) is 3.07. The van der Waals surface area contributed by atoms with Gasteiger partial charge >= 0.3 is 11.8 Å². The number of fused-ring (bicyclic) bond motifs is 1. The minimum atomic E-state index is -0.446. The summed E-state index contributed by atoms with van der Waals surface area (Å²) in [4.78, 5) is 28.0. The van der Waals surface area contributed by atoms with Crippen LogP contribution in [-0.4, -0.2) is 48.1 Å². The Labute approximate surface area is 124 Å². The fourth-order valence-electron chi connectivity index (χ4n) is 3.12. The van der Waals surface area contributed by atoms with Crippen LogP contribution >= 0.6 is 0 Å². The van der Waals surface area contributed by atoms with E-state index in [1.54, 1.807) is 9.80 Å². The van der Waals surface area contributed by atoms with Gasteiger partial charge in [0.15, 0.2) is 0 Å². The molecule has 1 N–H and O–H groups in total. The van der Waals surface area contributed by atoms with Crippen molar-refractivity contribution in [1.29, 1.82) is 0 Å². The van der Waals surface area contributed by atoms with Crippen molar-refractivity contribution in [3.05, 3.63) is 29.3 Å². The topological polar surface area (TPSA) is 60.9 Å². The van der Waals surface area contributed by atoms with Crippen LogP contribution in [0, 0.1) is 12.8 Å². The third kappa shape index (κ3) is 2.53. The van der Waals surface area contributed by atoms with Crippen LogP contribution in [0.4, 0.5) is 5.69 Å². The number of hydrogen-bond acceptors (Lipinski definition) is 3. The Hall–Kier alpha value is -1.88. The van der Waals surface area contributed by atoms with E-state index in [1.165, 1.54) is 0 Å². The number of amides is 2. The van der Waals surface area contributed by atoms with Crippen LogP contribution in [0.25, 0.3) is 0 Å². The highest BCUT2D eigenvalue weighted by atomic mass is 16.3. The number of carbonyl (C=O) groups is 2. The molecule has 1 unspecified atom stereocenters. The van der Waals surface area contributed by atoms with Crippen LogP contribution < -0.4 is 4.90 Å². The summed E-state index contributed by atoms with van der Waals surface area (Å²) in [5.74, 6) is -0.784. The number of aliphatic hydroxyl groups excluding tert-OH is 1. The molecule has 5 nitrogen and oxygen atoms in total. The summed E-state index contributed by atoms with van der Waals surface area (Å²) in [6.07, 6.45) is 1.57.